The van der Waals surface area contributed by atoms with Gasteiger partial charge in [-0.2, -0.15) is 0 Å². The third-order valence-electron chi connectivity index (χ3n) is 4.09. The van der Waals surface area contributed by atoms with Crippen LogP contribution in [0.5, 0.6) is 0 Å². The van der Waals surface area contributed by atoms with Crippen LogP contribution in [0.3, 0.4) is 0 Å². The van der Waals surface area contributed by atoms with E-state index in [4.69, 9.17) is 10.5 Å². The number of amides is 1. The van der Waals surface area contributed by atoms with E-state index in [-0.39, 0.29) is 12.1 Å². The van der Waals surface area contributed by atoms with E-state index in [9.17, 15) is 4.79 Å². The molecule has 7 nitrogen and oxygen atoms in total. The highest BCUT2D eigenvalue weighted by molar-refractivity contribution is 5.68. The van der Waals surface area contributed by atoms with Gasteiger partial charge in [0, 0.05) is 38.4 Å². The van der Waals surface area contributed by atoms with Crippen molar-refractivity contribution in [2.24, 2.45) is 5.73 Å². The van der Waals surface area contributed by atoms with E-state index in [1.165, 1.54) is 0 Å². The van der Waals surface area contributed by atoms with Gasteiger partial charge in [0.15, 0.2) is 0 Å². The third-order valence-corrected chi connectivity index (χ3v) is 4.09. The number of alkyl carbamates (subject to hydrolysis) is 1. The van der Waals surface area contributed by atoms with E-state index < -0.39 is 5.60 Å². The van der Waals surface area contributed by atoms with Crippen LogP contribution in [0, 0.1) is 0 Å². The molecule has 1 aliphatic heterocycles. The Morgan fingerprint density at radius 3 is 2.67 bits per heavy atom. The second-order valence-electron chi connectivity index (χ2n) is 7.42. The lowest BCUT2D eigenvalue weighted by Gasteiger charge is -2.32. The van der Waals surface area contributed by atoms with Gasteiger partial charge < -0.3 is 25.3 Å². The predicted molar refractivity (Wildman–Crippen MR) is 93.6 cm³/mol. The van der Waals surface area contributed by atoms with Crippen LogP contribution in [0.2, 0.25) is 0 Å². The molecule has 24 heavy (non-hydrogen) atoms. The van der Waals surface area contributed by atoms with E-state index in [1.807, 2.05) is 33.3 Å². The second kappa shape index (κ2) is 8.48. The van der Waals surface area contributed by atoms with Crippen LogP contribution in [0.15, 0.2) is 12.5 Å². The summed E-state index contributed by atoms with van der Waals surface area (Å²) in [6, 6.07) is 0.219. The minimum absolute atomic E-state index is 0.219. The first-order valence-corrected chi connectivity index (χ1v) is 8.78. The largest absolute Gasteiger partial charge is 0.444 e. The van der Waals surface area contributed by atoms with E-state index in [2.05, 4.69) is 19.8 Å². The lowest BCUT2D eigenvalue weighted by atomic mass is 10.1. The van der Waals surface area contributed by atoms with Gasteiger partial charge >= 0.3 is 6.09 Å². The first-order valence-electron chi connectivity index (χ1n) is 8.78. The quantitative estimate of drug-likeness (QED) is 0.825. The van der Waals surface area contributed by atoms with Crippen molar-refractivity contribution in [1.82, 2.24) is 19.8 Å². The highest BCUT2D eigenvalue weighted by atomic mass is 16.6. The Morgan fingerprint density at radius 2 is 2.08 bits per heavy atom. The summed E-state index contributed by atoms with van der Waals surface area (Å²) in [6.07, 6.45) is 6.58. The number of likely N-dealkylation sites (tertiary alicyclic amines) is 1. The highest BCUT2D eigenvalue weighted by Gasteiger charge is 2.23. The number of carbonyl (C=O) groups is 1. The number of imidazole rings is 1. The number of aromatic nitrogens is 2. The maximum atomic E-state index is 11.8. The molecule has 0 saturated carbocycles. The van der Waals surface area contributed by atoms with Crippen LogP contribution >= 0.6 is 0 Å². The number of rotatable bonds is 6. The molecule has 1 amide bonds. The fraction of sp³-hybridized carbons (Fsp3) is 0.765. The van der Waals surface area contributed by atoms with E-state index in [0.29, 0.717) is 6.54 Å². The number of aryl methyl sites for hydroxylation is 1. The molecule has 0 radical (unpaired) electrons. The van der Waals surface area contributed by atoms with Crippen molar-refractivity contribution in [2.75, 3.05) is 19.6 Å². The normalized spacial score (nSPS) is 17.0. The predicted octanol–water partition coefficient (Wildman–Crippen LogP) is 1.72. The zero-order valence-corrected chi connectivity index (χ0v) is 15.1. The van der Waals surface area contributed by atoms with Crippen molar-refractivity contribution < 1.29 is 9.53 Å². The molecule has 2 heterocycles. The second-order valence-corrected chi connectivity index (χ2v) is 7.42. The monoisotopic (exact) mass is 337 g/mol. The maximum Gasteiger partial charge on any atom is 0.407 e. The average Bonchev–Trinajstić information content (AvgIpc) is 2.95. The topological polar surface area (TPSA) is 85.4 Å². The fourth-order valence-electron chi connectivity index (χ4n) is 2.89. The number of carbonyl (C=O) groups excluding carboxylic acids is 1. The molecule has 1 aromatic heterocycles. The summed E-state index contributed by atoms with van der Waals surface area (Å²) in [5.41, 5.74) is 6.06. The van der Waals surface area contributed by atoms with Gasteiger partial charge in [0.25, 0.3) is 0 Å². The van der Waals surface area contributed by atoms with Crippen molar-refractivity contribution in [3.8, 4) is 0 Å². The summed E-state index contributed by atoms with van der Waals surface area (Å²) in [5, 5.41) is 2.98. The van der Waals surface area contributed by atoms with Gasteiger partial charge in [0.1, 0.15) is 5.60 Å². The number of piperidine rings is 1. The maximum absolute atomic E-state index is 11.8. The molecule has 1 fully saturated rings. The molecule has 0 unspecified atom stereocenters. The standard InChI is InChI=1S/C17H31N5O2/c1-17(2,3)24-16(23)20-14-5-9-21(10-6-14)7-4-8-22-12-15(11-18)19-13-22/h12-14H,4-11,18H2,1-3H3,(H,20,23). The van der Waals surface area contributed by atoms with E-state index in [1.54, 1.807) is 0 Å². The molecule has 1 aromatic rings. The van der Waals surface area contributed by atoms with Gasteiger partial charge in [0.05, 0.1) is 12.0 Å². The van der Waals surface area contributed by atoms with Crippen molar-refractivity contribution in [1.29, 1.82) is 0 Å². The molecule has 0 atom stereocenters. The summed E-state index contributed by atoms with van der Waals surface area (Å²) in [6.45, 7) is 10.2. The molecule has 0 aromatic carbocycles. The molecule has 136 valence electrons. The molecule has 0 bridgehead atoms. The molecule has 1 saturated heterocycles. The Balaban J connectivity index is 1.61. The molecule has 0 spiro atoms. The van der Waals surface area contributed by atoms with Crippen molar-refractivity contribution in [3.05, 3.63) is 18.2 Å². The van der Waals surface area contributed by atoms with Crippen molar-refractivity contribution in [3.63, 3.8) is 0 Å². The first-order chi connectivity index (χ1) is 11.4. The number of nitrogens with two attached hydrogens (primary N) is 1. The summed E-state index contributed by atoms with van der Waals surface area (Å²) in [7, 11) is 0. The molecule has 0 aliphatic carbocycles. The van der Waals surface area contributed by atoms with Gasteiger partial charge in [0.2, 0.25) is 0 Å². The SMILES string of the molecule is CC(C)(C)OC(=O)NC1CCN(CCCn2cnc(CN)c2)CC1. The van der Waals surface area contributed by atoms with Gasteiger partial charge in [-0.05, 0) is 46.6 Å². The van der Waals surface area contributed by atoms with Crippen LogP contribution in [0.4, 0.5) is 4.79 Å². The summed E-state index contributed by atoms with van der Waals surface area (Å²) >= 11 is 0. The average molecular weight is 337 g/mol. The molecule has 7 heteroatoms. The molecular weight excluding hydrogens is 306 g/mol. The summed E-state index contributed by atoms with van der Waals surface area (Å²) in [4.78, 5) is 18.5. The smallest absolute Gasteiger partial charge is 0.407 e. The minimum atomic E-state index is -0.443. The van der Waals surface area contributed by atoms with Crippen LogP contribution in [-0.4, -0.2) is 51.8 Å². The van der Waals surface area contributed by atoms with Gasteiger partial charge in [-0.25, -0.2) is 9.78 Å². The minimum Gasteiger partial charge on any atom is -0.444 e. The summed E-state index contributed by atoms with van der Waals surface area (Å²) in [5.74, 6) is 0. The zero-order chi connectivity index (χ0) is 17.6. The van der Waals surface area contributed by atoms with Gasteiger partial charge in [-0.3, -0.25) is 0 Å². The number of nitrogens with one attached hydrogen (secondary N) is 1. The van der Waals surface area contributed by atoms with E-state index in [0.717, 1.165) is 51.1 Å². The molecule has 2 rings (SSSR count). The number of hydrogen-bond acceptors (Lipinski definition) is 5. The number of hydrogen-bond donors (Lipinski definition) is 2. The Hall–Kier alpha value is -1.60. The Morgan fingerprint density at radius 1 is 1.38 bits per heavy atom. The van der Waals surface area contributed by atoms with Crippen molar-refractivity contribution >= 4 is 6.09 Å². The van der Waals surface area contributed by atoms with Gasteiger partial charge in [-0.15, -0.1) is 0 Å². The molecule has 1 aliphatic rings. The first kappa shape index (κ1) is 18.7. The van der Waals surface area contributed by atoms with Crippen molar-refractivity contribution in [2.45, 2.75) is 64.8 Å². The van der Waals surface area contributed by atoms with Gasteiger partial charge in [-0.1, -0.05) is 0 Å². The zero-order valence-electron chi connectivity index (χ0n) is 15.1. The van der Waals surface area contributed by atoms with Crippen LogP contribution in [-0.2, 0) is 17.8 Å². The fourth-order valence-corrected chi connectivity index (χ4v) is 2.89. The number of ether oxygens (including phenoxy) is 1. The Labute approximate surface area is 144 Å². The molecular formula is C17H31N5O2. The Bertz CT molecular complexity index is 515. The van der Waals surface area contributed by atoms with Crippen LogP contribution in [0.1, 0.15) is 45.7 Å². The number of nitrogens with zero attached hydrogens (tertiary/aromatic N) is 3. The third kappa shape index (κ3) is 6.49. The lowest BCUT2D eigenvalue weighted by Crippen LogP contribution is -2.46. The highest BCUT2D eigenvalue weighted by Crippen LogP contribution is 2.13. The van der Waals surface area contributed by atoms with Crippen LogP contribution in [0.25, 0.3) is 0 Å². The lowest BCUT2D eigenvalue weighted by molar-refractivity contribution is 0.0478. The Kier molecular flexibility index (Phi) is 6.62. The van der Waals surface area contributed by atoms with Crippen LogP contribution < -0.4 is 11.1 Å². The summed E-state index contributed by atoms with van der Waals surface area (Å²) < 4.78 is 7.41. The molecule has 3 N–H and O–H groups in total. The van der Waals surface area contributed by atoms with E-state index >= 15 is 0 Å².